The SMILES string of the molecule is CCc1ccc(N2N=C(C)/C(=C\c3ccc(C)s3)C2=O)cc1. The number of carbonyl (C=O) groups is 1. The van der Waals surface area contributed by atoms with Crippen LogP contribution in [0.15, 0.2) is 47.1 Å². The lowest BCUT2D eigenvalue weighted by atomic mass is 10.1. The van der Waals surface area contributed by atoms with E-state index < -0.39 is 0 Å². The van der Waals surface area contributed by atoms with Crippen molar-refractivity contribution in [1.82, 2.24) is 0 Å². The minimum atomic E-state index is -0.0622. The third-order valence-corrected chi connectivity index (χ3v) is 4.65. The van der Waals surface area contributed by atoms with E-state index in [0.717, 1.165) is 22.7 Å². The van der Waals surface area contributed by atoms with Crippen molar-refractivity contribution in [1.29, 1.82) is 0 Å². The average molecular weight is 310 g/mol. The molecule has 1 aliphatic heterocycles. The Morgan fingerprint density at radius 2 is 1.86 bits per heavy atom. The van der Waals surface area contributed by atoms with Crippen LogP contribution in [0, 0.1) is 6.92 Å². The number of benzene rings is 1. The summed E-state index contributed by atoms with van der Waals surface area (Å²) in [5.74, 6) is -0.0622. The largest absolute Gasteiger partial charge is 0.280 e. The van der Waals surface area contributed by atoms with Crippen molar-refractivity contribution in [3.05, 3.63) is 57.3 Å². The maximum absolute atomic E-state index is 12.6. The highest BCUT2D eigenvalue weighted by Gasteiger charge is 2.28. The van der Waals surface area contributed by atoms with Crippen molar-refractivity contribution in [2.75, 3.05) is 5.01 Å². The number of thiophene rings is 1. The van der Waals surface area contributed by atoms with Crippen LogP contribution in [-0.2, 0) is 11.2 Å². The first-order valence-electron chi connectivity index (χ1n) is 7.35. The fraction of sp³-hybridized carbons (Fsp3) is 0.222. The lowest BCUT2D eigenvalue weighted by Crippen LogP contribution is -2.21. The molecule has 3 nitrogen and oxygen atoms in total. The summed E-state index contributed by atoms with van der Waals surface area (Å²) in [6.07, 6.45) is 2.92. The zero-order valence-electron chi connectivity index (χ0n) is 13.0. The Morgan fingerprint density at radius 3 is 2.45 bits per heavy atom. The lowest BCUT2D eigenvalue weighted by Gasteiger charge is -2.12. The van der Waals surface area contributed by atoms with Crippen LogP contribution in [0.25, 0.3) is 6.08 Å². The predicted molar refractivity (Wildman–Crippen MR) is 93.4 cm³/mol. The van der Waals surface area contributed by atoms with E-state index in [1.165, 1.54) is 15.4 Å². The molecule has 0 N–H and O–H groups in total. The van der Waals surface area contributed by atoms with Crippen molar-refractivity contribution in [2.24, 2.45) is 5.10 Å². The number of hydrogen-bond donors (Lipinski definition) is 0. The summed E-state index contributed by atoms with van der Waals surface area (Å²) in [5.41, 5.74) is 3.49. The lowest BCUT2D eigenvalue weighted by molar-refractivity contribution is -0.114. The van der Waals surface area contributed by atoms with Crippen molar-refractivity contribution >= 4 is 34.7 Å². The second-order valence-corrected chi connectivity index (χ2v) is 6.65. The molecule has 0 atom stereocenters. The maximum Gasteiger partial charge on any atom is 0.280 e. The molecule has 112 valence electrons. The Morgan fingerprint density at radius 1 is 1.14 bits per heavy atom. The van der Waals surface area contributed by atoms with Gasteiger partial charge in [0.25, 0.3) is 5.91 Å². The van der Waals surface area contributed by atoms with Gasteiger partial charge in [-0.1, -0.05) is 19.1 Å². The molecular formula is C18H18N2OS. The van der Waals surface area contributed by atoms with Gasteiger partial charge in [0, 0.05) is 9.75 Å². The quantitative estimate of drug-likeness (QED) is 0.772. The van der Waals surface area contributed by atoms with Crippen LogP contribution in [0.4, 0.5) is 5.69 Å². The van der Waals surface area contributed by atoms with Gasteiger partial charge in [-0.25, -0.2) is 0 Å². The molecule has 0 unspecified atom stereocenters. The number of anilines is 1. The summed E-state index contributed by atoms with van der Waals surface area (Å²) >= 11 is 1.68. The van der Waals surface area contributed by atoms with Crippen LogP contribution in [0.1, 0.15) is 29.2 Å². The molecule has 1 aromatic carbocycles. The Balaban J connectivity index is 1.90. The molecular weight excluding hydrogens is 292 g/mol. The van der Waals surface area contributed by atoms with Gasteiger partial charge in [0.2, 0.25) is 0 Å². The summed E-state index contributed by atoms with van der Waals surface area (Å²) in [6, 6.07) is 12.1. The molecule has 0 spiro atoms. The zero-order chi connectivity index (χ0) is 15.7. The average Bonchev–Trinajstić information content (AvgIpc) is 3.06. The zero-order valence-corrected chi connectivity index (χ0v) is 13.8. The van der Waals surface area contributed by atoms with Crippen LogP contribution in [0.3, 0.4) is 0 Å². The Bertz CT molecular complexity index is 769. The Labute approximate surface area is 134 Å². The third kappa shape index (κ3) is 2.74. The Kier molecular flexibility index (Phi) is 3.94. The van der Waals surface area contributed by atoms with Crippen LogP contribution in [0.2, 0.25) is 0 Å². The molecule has 2 aromatic rings. The highest BCUT2D eigenvalue weighted by molar-refractivity contribution is 7.12. The van der Waals surface area contributed by atoms with E-state index in [9.17, 15) is 4.79 Å². The second kappa shape index (κ2) is 5.89. The van der Waals surface area contributed by atoms with E-state index in [1.54, 1.807) is 11.3 Å². The molecule has 1 aromatic heterocycles. The van der Waals surface area contributed by atoms with Crippen LogP contribution in [0.5, 0.6) is 0 Å². The van der Waals surface area contributed by atoms with E-state index in [0.29, 0.717) is 5.57 Å². The van der Waals surface area contributed by atoms with E-state index in [-0.39, 0.29) is 5.91 Å². The minimum Gasteiger partial charge on any atom is -0.267 e. The molecule has 4 heteroatoms. The molecule has 3 rings (SSSR count). The van der Waals surface area contributed by atoms with Gasteiger partial charge in [-0.05, 0) is 56.2 Å². The van der Waals surface area contributed by atoms with E-state index >= 15 is 0 Å². The van der Waals surface area contributed by atoms with Crippen LogP contribution < -0.4 is 5.01 Å². The third-order valence-electron chi connectivity index (χ3n) is 3.70. The normalized spacial score (nSPS) is 16.5. The summed E-state index contributed by atoms with van der Waals surface area (Å²) in [7, 11) is 0. The van der Waals surface area contributed by atoms with Gasteiger partial charge >= 0.3 is 0 Å². The summed E-state index contributed by atoms with van der Waals surface area (Å²) < 4.78 is 0. The maximum atomic E-state index is 12.6. The molecule has 0 aliphatic carbocycles. The smallest absolute Gasteiger partial charge is 0.267 e. The number of nitrogens with zero attached hydrogens (tertiary/aromatic N) is 2. The van der Waals surface area contributed by atoms with E-state index in [2.05, 4.69) is 25.0 Å². The van der Waals surface area contributed by atoms with Gasteiger partial charge in [0.05, 0.1) is 17.0 Å². The van der Waals surface area contributed by atoms with Crippen molar-refractivity contribution in [2.45, 2.75) is 27.2 Å². The summed E-state index contributed by atoms with van der Waals surface area (Å²) in [6.45, 7) is 6.05. The molecule has 1 amide bonds. The van der Waals surface area contributed by atoms with Crippen LogP contribution >= 0.6 is 11.3 Å². The van der Waals surface area contributed by atoms with Crippen LogP contribution in [-0.4, -0.2) is 11.6 Å². The van der Waals surface area contributed by atoms with Crippen molar-refractivity contribution < 1.29 is 4.79 Å². The summed E-state index contributed by atoms with van der Waals surface area (Å²) in [5, 5.41) is 5.90. The Hall–Kier alpha value is -2.20. The van der Waals surface area contributed by atoms with E-state index in [4.69, 9.17) is 0 Å². The number of carbonyl (C=O) groups excluding carboxylic acids is 1. The van der Waals surface area contributed by atoms with Gasteiger partial charge in [0.1, 0.15) is 0 Å². The standard InChI is InChI=1S/C18H18N2OS/c1-4-14-6-8-15(9-7-14)20-18(21)17(13(3)19-20)11-16-10-5-12(2)22-16/h5-11H,4H2,1-3H3/b17-11+. The molecule has 0 saturated carbocycles. The second-order valence-electron chi connectivity index (χ2n) is 5.33. The highest BCUT2D eigenvalue weighted by Crippen LogP contribution is 2.27. The molecule has 0 saturated heterocycles. The number of hydrogen-bond acceptors (Lipinski definition) is 3. The van der Waals surface area contributed by atoms with E-state index in [1.807, 2.05) is 43.3 Å². The fourth-order valence-corrected chi connectivity index (χ4v) is 3.23. The number of amides is 1. The van der Waals surface area contributed by atoms with Gasteiger partial charge in [-0.15, -0.1) is 11.3 Å². The van der Waals surface area contributed by atoms with Gasteiger partial charge in [-0.3, -0.25) is 4.79 Å². The number of rotatable bonds is 3. The summed E-state index contributed by atoms with van der Waals surface area (Å²) in [4.78, 5) is 14.9. The highest BCUT2D eigenvalue weighted by atomic mass is 32.1. The van der Waals surface area contributed by atoms with Crippen molar-refractivity contribution in [3.8, 4) is 0 Å². The minimum absolute atomic E-state index is 0.0622. The predicted octanol–water partition coefficient (Wildman–Crippen LogP) is 4.43. The molecule has 0 bridgehead atoms. The fourth-order valence-electron chi connectivity index (χ4n) is 2.41. The van der Waals surface area contributed by atoms with Gasteiger partial charge in [-0.2, -0.15) is 10.1 Å². The van der Waals surface area contributed by atoms with Gasteiger partial charge < -0.3 is 0 Å². The van der Waals surface area contributed by atoms with Gasteiger partial charge in [0.15, 0.2) is 0 Å². The number of hydrazone groups is 1. The number of aryl methyl sites for hydroxylation is 2. The first kappa shape index (κ1) is 14.7. The van der Waals surface area contributed by atoms with Crippen molar-refractivity contribution in [3.63, 3.8) is 0 Å². The monoisotopic (exact) mass is 310 g/mol. The first-order valence-corrected chi connectivity index (χ1v) is 8.17. The molecule has 0 fully saturated rings. The molecule has 22 heavy (non-hydrogen) atoms. The molecule has 1 aliphatic rings. The molecule has 2 heterocycles. The molecule has 0 radical (unpaired) electrons. The first-order chi connectivity index (χ1) is 10.6. The topological polar surface area (TPSA) is 32.7 Å².